The highest BCUT2D eigenvalue weighted by Gasteiger charge is 2.24. The van der Waals surface area contributed by atoms with Crippen molar-refractivity contribution in [3.05, 3.63) is 57.6 Å². The first kappa shape index (κ1) is 15.2. The summed E-state index contributed by atoms with van der Waals surface area (Å²) in [6.45, 7) is 0.683. The predicted octanol–water partition coefficient (Wildman–Crippen LogP) is 4.60. The third-order valence-electron chi connectivity index (χ3n) is 3.76. The zero-order valence-corrected chi connectivity index (χ0v) is 13.6. The van der Waals surface area contributed by atoms with Crippen LogP contribution in [0, 0.1) is 0 Å². The smallest absolute Gasteiger partial charge is 0.258 e. The molecule has 5 heteroatoms. The molecule has 22 heavy (non-hydrogen) atoms. The molecule has 114 valence electrons. The number of fused-ring (bicyclic) bond motifs is 1. The molecule has 0 N–H and O–H groups in total. The second-order valence-electron chi connectivity index (χ2n) is 5.21. The number of methoxy groups -OCH3 is 1. The number of carbonyl (C=O) groups excluding carboxylic acids is 1. The fraction of sp³-hybridized carbons (Fsp3) is 0.235. The quantitative estimate of drug-likeness (QED) is 0.802. The van der Waals surface area contributed by atoms with Gasteiger partial charge >= 0.3 is 0 Å². The summed E-state index contributed by atoms with van der Waals surface area (Å²) in [7, 11) is 1.64. The zero-order chi connectivity index (χ0) is 15.7. The first-order valence-electron chi connectivity index (χ1n) is 7.03. The van der Waals surface area contributed by atoms with E-state index in [2.05, 4.69) is 0 Å². The van der Waals surface area contributed by atoms with Crippen LogP contribution in [0.15, 0.2) is 36.4 Å². The van der Waals surface area contributed by atoms with Crippen LogP contribution in [-0.2, 0) is 6.42 Å². The monoisotopic (exact) mass is 335 g/mol. The van der Waals surface area contributed by atoms with Gasteiger partial charge in [-0.1, -0.05) is 23.2 Å². The minimum absolute atomic E-state index is 0.0875. The summed E-state index contributed by atoms with van der Waals surface area (Å²) >= 11 is 12.0. The Morgan fingerprint density at radius 2 is 1.86 bits per heavy atom. The molecule has 0 saturated heterocycles. The van der Waals surface area contributed by atoms with E-state index in [1.807, 2.05) is 18.2 Å². The molecule has 0 fully saturated rings. The van der Waals surface area contributed by atoms with Crippen molar-refractivity contribution >= 4 is 34.8 Å². The Bertz CT molecular complexity index is 710. The van der Waals surface area contributed by atoms with Gasteiger partial charge in [0.05, 0.1) is 7.11 Å². The lowest BCUT2D eigenvalue weighted by Gasteiger charge is -2.30. The third kappa shape index (κ3) is 2.92. The lowest BCUT2D eigenvalue weighted by Crippen LogP contribution is -2.35. The molecule has 0 aromatic heterocycles. The van der Waals surface area contributed by atoms with Gasteiger partial charge in [-0.15, -0.1) is 0 Å². The number of aryl methyl sites for hydroxylation is 1. The molecule has 0 radical (unpaired) electrons. The van der Waals surface area contributed by atoms with E-state index in [9.17, 15) is 4.79 Å². The molecule has 3 nitrogen and oxygen atoms in total. The van der Waals surface area contributed by atoms with Gasteiger partial charge in [0.25, 0.3) is 5.91 Å². The van der Waals surface area contributed by atoms with Gasteiger partial charge in [0, 0.05) is 27.8 Å². The normalized spacial score (nSPS) is 13.7. The van der Waals surface area contributed by atoms with Crippen LogP contribution in [0.1, 0.15) is 22.3 Å². The van der Waals surface area contributed by atoms with Crippen molar-refractivity contribution < 1.29 is 9.53 Å². The lowest BCUT2D eigenvalue weighted by atomic mass is 10.0. The van der Waals surface area contributed by atoms with E-state index in [0.29, 0.717) is 22.2 Å². The topological polar surface area (TPSA) is 29.5 Å². The molecule has 0 bridgehead atoms. The molecule has 0 atom stereocenters. The van der Waals surface area contributed by atoms with Crippen molar-refractivity contribution in [3.8, 4) is 5.75 Å². The van der Waals surface area contributed by atoms with Gasteiger partial charge in [-0.05, 0) is 54.8 Å². The highest BCUT2D eigenvalue weighted by atomic mass is 35.5. The van der Waals surface area contributed by atoms with Crippen LogP contribution in [0.25, 0.3) is 0 Å². The van der Waals surface area contributed by atoms with Crippen molar-refractivity contribution in [3.63, 3.8) is 0 Å². The van der Waals surface area contributed by atoms with Crippen molar-refractivity contribution in [1.29, 1.82) is 0 Å². The summed E-state index contributed by atoms with van der Waals surface area (Å²) in [5.41, 5.74) is 2.54. The molecule has 0 aliphatic carbocycles. The number of amides is 1. The van der Waals surface area contributed by atoms with E-state index < -0.39 is 0 Å². The molecule has 0 saturated carbocycles. The van der Waals surface area contributed by atoms with Gasteiger partial charge in [-0.3, -0.25) is 4.79 Å². The number of ether oxygens (including phenoxy) is 1. The summed E-state index contributed by atoms with van der Waals surface area (Å²) in [5.74, 6) is 0.717. The molecule has 2 aromatic carbocycles. The third-order valence-corrected chi connectivity index (χ3v) is 4.20. The Balaban J connectivity index is 1.98. The maximum atomic E-state index is 12.8. The molecule has 1 aliphatic heterocycles. The minimum Gasteiger partial charge on any atom is -0.497 e. The number of hydrogen-bond donors (Lipinski definition) is 0. The van der Waals surface area contributed by atoms with Crippen molar-refractivity contribution in [1.82, 2.24) is 0 Å². The van der Waals surface area contributed by atoms with Crippen LogP contribution in [-0.4, -0.2) is 19.6 Å². The second-order valence-corrected chi connectivity index (χ2v) is 6.09. The van der Waals surface area contributed by atoms with Crippen LogP contribution in [0.5, 0.6) is 5.75 Å². The summed E-state index contributed by atoms with van der Waals surface area (Å²) in [6.07, 6.45) is 1.85. The number of rotatable bonds is 2. The van der Waals surface area contributed by atoms with Crippen LogP contribution in [0.3, 0.4) is 0 Å². The first-order chi connectivity index (χ1) is 10.6. The molecule has 3 rings (SSSR count). The molecule has 1 amide bonds. The molecular weight excluding hydrogens is 321 g/mol. The van der Waals surface area contributed by atoms with Gasteiger partial charge in [0.1, 0.15) is 5.75 Å². The number of hydrogen-bond acceptors (Lipinski definition) is 2. The van der Waals surface area contributed by atoms with Gasteiger partial charge in [0.2, 0.25) is 0 Å². The Kier molecular flexibility index (Phi) is 4.27. The van der Waals surface area contributed by atoms with Crippen LogP contribution in [0.2, 0.25) is 10.0 Å². The fourth-order valence-electron chi connectivity index (χ4n) is 2.74. The second kappa shape index (κ2) is 6.19. The molecule has 1 heterocycles. The van der Waals surface area contributed by atoms with Gasteiger partial charge in [-0.25, -0.2) is 0 Å². The summed E-state index contributed by atoms with van der Waals surface area (Å²) in [4.78, 5) is 14.6. The lowest BCUT2D eigenvalue weighted by molar-refractivity contribution is 0.0985. The summed E-state index contributed by atoms with van der Waals surface area (Å²) < 4.78 is 5.25. The van der Waals surface area contributed by atoms with Crippen LogP contribution in [0.4, 0.5) is 5.69 Å². The predicted molar refractivity (Wildman–Crippen MR) is 89.5 cm³/mol. The molecule has 0 spiro atoms. The highest BCUT2D eigenvalue weighted by Crippen LogP contribution is 2.32. The number of benzene rings is 2. The molecular formula is C17H15Cl2NO2. The zero-order valence-electron chi connectivity index (χ0n) is 12.1. The largest absolute Gasteiger partial charge is 0.497 e. The average molecular weight is 336 g/mol. The van der Waals surface area contributed by atoms with E-state index in [0.717, 1.165) is 29.8 Å². The minimum atomic E-state index is -0.0875. The average Bonchev–Trinajstić information content (AvgIpc) is 2.52. The highest BCUT2D eigenvalue weighted by molar-refractivity contribution is 6.35. The molecule has 2 aromatic rings. The Morgan fingerprint density at radius 1 is 1.14 bits per heavy atom. The number of halogens is 2. The van der Waals surface area contributed by atoms with Crippen molar-refractivity contribution in [2.75, 3.05) is 18.6 Å². The van der Waals surface area contributed by atoms with Gasteiger partial charge in [0.15, 0.2) is 0 Å². The fourth-order valence-corrected chi connectivity index (χ4v) is 3.27. The molecule has 1 aliphatic rings. The SMILES string of the molecule is COc1ccc2c(c1)CCCN2C(=O)c1cc(Cl)cc(Cl)c1. The summed E-state index contributed by atoms with van der Waals surface area (Å²) in [6, 6.07) is 10.7. The summed E-state index contributed by atoms with van der Waals surface area (Å²) in [5, 5.41) is 0.922. The Labute approximate surface area is 139 Å². The van der Waals surface area contributed by atoms with E-state index >= 15 is 0 Å². The number of nitrogens with zero attached hydrogens (tertiary/aromatic N) is 1. The van der Waals surface area contributed by atoms with E-state index in [4.69, 9.17) is 27.9 Å². The van der Waals surface area contributed by atoms with E-state index in [-0.39, 0.29) is 5.91 Å². The van der Waals surface area contributed by atoms with E-state index in [1.54, 1.807) is 30.2 Å². The number of anilines is 1. The first-order valence-corrected chi connectivity index (χ1v) is 7.79. The maximum absolute atomic E-state index is 12.8. The van der Waals surface area contributed by atoms with Crippen LogP contribution < -0.4 is 9.64 Å². The van der Waals surface area contributed by atoms with Crippen molar-refractivity contribution in [2.24, 2.45) is 0 Å². The Hall–Kier alpha value is -1.71. The standard InChI is InChI=1S/C17H15Cl2NO2/c1-22-15-4-5-16-11(9-15)3-2-6-20(16)17(21)12-7-13(18)10-14(19)8-12/h4-5,7-10H,2-3,6H2,1H3. The van der Waals surface area contributed by atoms with Crippen LogP contribution >= 0.6 is 23.2 Å². The Morgan fingerprint density at radius 3 is 2.55 bits per heavy atom. The maximum Gasteiger partial charge on any atom is 0.258 e. The van der Waals surface area contributed by atoms with Gasteiger partial charge < -0.3 is 9.64 Å². The van der Waals surface area contributed by atoms with Crippen molar-refractivity contribution in [2.45, 2.75) is 12.8 Å². The van der Waals surface area contributed by atoms with Gasteiger partial charge in [-0.2, -0.15) is 0 Å². The molecule has 0 unspecified atom stereocenters. The van der Waals surface area contributed by atoms with E-state index in [1.165, 1.54) is 0 Å². The number of carbonyl (C=O) groups is 1.